The average Bonchev–Trinajstić information content (AvgIpc) is 2.73. The van der Waals surface area contributed by atoms with E-state index in [9.17, 15) is 4.79 Å². The molecule has 2 rings (SSSR count). The summed E-state index contributed by atoms with van der Waals surface area (Å²) in [7, 11) is 0. The molecule has 1 aromatic carbocycles. The Labute approximate surface area is 123 Å². The molecular formula is C15H19N3OS. The number of carbonyl (C=O) groups excluding carboxylic acids is 1. The fourth-order valence-electron chi connectivity index (χ4n) is 2.00. The third kappa shape index (κ3) is 3.23. The normalized spacial score (nSPS) is 10.6. The number of anilines is 1. The lowest BCUT2D eigenvalue weighted by Gasteiger charge is -2.05. The number of amides is 1. The molecule has 4 nitrogen and oxygen atoms in total. The van der Waals surface area contributed by atoms with E-state index >= 15 is 0 Å². The number of nitrogens with two attached hydrogens (primary N) is 1. The fraction of sp³-hybridized carbons (Fsp3) is 0.333. The van der Waals surface area contributed by atoms with Crippen molar-refractivity contribution in [1.29, 1.82) is 0 Å². The van der Waals surface area contributed by atoms with Crippen LogP contribution in [0.2, 0.25) is 0 Å². The molecule has 0 atom stereocenters. The van der Waals surface area contributed by atoms with Gasteiger partial charge in [-0.15, -0.1) is 11.3 Å². The zero-order valence-corrected chi connectivity index (χ0v) is 12.8. The first-order valence-electron chi connectivity index (χ1n) is 6.56. The number of hydrogen-bond acceptors (Lipinski definition) is 4. The number of aromatic nitrogens is 1. The minimum absolute atomic E-state index is 0.0891. The number of rotatable bonds is 4. The van der Waals surface area contributed by atoms with Crippen LogP contribution in [0.1, 0.15) is 22.4 Å². The molecule has 1 heterocycles. The van der Waals surface area contributed by atoms with Gasteiger partial charge in [-0.1, -0.05) is 17.7 Å². The van der Waals surface area contributed by atoms with Crippen molar-refractivity contribution in [2.24, 2.45) is 5.73 Å². The van der Waals surface area contributed by atoms with Gasteiger partial charge >= 0.3 is 0 Å². The second kappa shape index (κ2) is 6.15. The van der Waals surface area contributed by atoms with Crippen LogP contribution in [0.25, 0.3) is 11.3 Å². The van der Waals surface area contributed by atoms with Crippen LogP contribution in [0, 0.1) is 20.8 Å². The minimum atomic E-state index is -0.0891. The van der Waals surface area contributed by atoms with Crippen molar-refractivity contribution in [1.82, 2.24) is 4.98 Å². The number of nitrogens with zero attached hydrogens (tertiary/aromatic N) is 1. The molecule has 20 heavy (non-hydrogen) atoms. The summed E-state index contributed by atoms with van der Waals surface area (Å²) in [4.78, 5) is 17.2. The summed E-state index contributed by atoms with van der Waals surface area (Å²) in [5, 5.41) is 3.43. The number of nitrogens with one attached hydrogen (secondary N) is 1. The van der Waals surface area contributed by atoms with Crippen LogP contribution in [0.5, 0.6) is 0 Å². The SMILES string of the molecule is Cc1ccc(C)c(-c2nc(NC(=O)CCN)sc2C)c1. The second-order valence-corrected chi connectivity index (χ2v) is 6.03. The quantitative estimate of drug-likeness (QED) is 0.909. The Hall–Kier alpha value is -1.72. The molecule has 0 aliphatic carbocycles. The summed E-state index contributed by atoms with van der Waals surface area (Å²) >= 11 is 1.49. The number of aryl methyl sites for hydroxylation is 3. The fourth-order valence-corrected chi connectivity index (χ4v) is 2.85. The van der Waals surface area contributed by atoms with Crippen LogP contribution in [0.15, 0.2) is 18.2 Å². The zero-order chi connectivity index (χ0) is 14.7. The first kappa shape index (κ1) is 14.7. The van der Waals surface area contributed by atoms with Crippen LogP contribution < -0.4 is 11.1 Å². The summed E-state index contributed by atoms with van der Waals surface area (Å²) in [5.74, 6) is -0.0891. The van der Waals surface area contributed by atoms with E-state index in [0.29, 0.717) is 18.1 Å². The minimum Gasteiger partial charge on any atom is -0.330 e. The van der Waals surface area contributed by atoms with Crippen LogP contribution in [0.4, 0.5) is 5.13 Å². The predicted octanol–water partition coefficient (Wildman–Crippen LogP) is 3.02. The number of benzene rings is 1. The van der Waals surface area contributed by atoms with Gasteiger partial charge in [0.05, 0.1) is 5.69 Å². The Balaban J connectivity index is 2.32. The van der Waals surface area contributed by atoms with E-state index in [-0.39, 0.29) is 5.91 Å². The zero-order valence-electron chi connectivity index (χ0n) is 12.0. The third-order valence-corrected chi connectivity index (χ3v) is 3.95. The van der Waals surface area contributed by atoms with Gasteiger partial charge in [-0.05, 0) is 32.4 Å². The lowest BCUT2D eigenvalue weighted by molar-refractivity contribution is -0.116. The lowest BCUT2D eigenvalue weighted by Crippen LogP contribution is -2.15. The molecule has 0 saturated carbocycles. The number of hydrogen-bond donors (Lipinski definition) is 2. The van der Waals surface area contributed by atoms with Crippen molar-refractivity contribution in [2.75, 3.05) is 11.9 Å². The monoisotopic (exact) mass is 289 g/mol. The average molecular weight is 289 g/mol. The molecule has 0 fully saturated rings. The van der Waals surface area contributed by atoms with Gasteiger partial charge in [0.25, 0.3) is 0 Å². The molecule has 0 aliphatic heterocycles. The summed E-state index contributed by atoms with van der Waals surface area (Å²) in [6.45, 7) is 6.50. The number of thiazole rings is 1. The van der Waals surface area contributed by atoms with Crippen molar-refractivity contribution in [3.05, 3.63) is 34.2 Å². The highest BCUT2D eigenvalue weighted by molar-refractivity contribution is 7.16. The molecule has 0 saturated heterocycles. The maximum atomic E-state index is 11.6. The van der Waals surface area contributed by atoms with Gasteiger partial charge in [-0.3, -0.25) is 4.79 Å². The Morgan fingerprint density at radius 1 is 1.35 bits per heavy atom. The van der Waals surface area contributed by atoms with E-state index in [1.165, 1.54) is 22.5 Å². The molecule has 106 valence electrons. The lowest BCUT2D eigenvalue weighted by atomic mass is 10.0. The molecule has 0 unspecified atom stereocenters. The van der Waals surface area contributed by atoms with E-state index in [1.54, 1.807) is 0 Å². The first-order chi connectivity index (χ1) is 9.51. The summed E-state index contributed by atoms with van der Waals surface area (Å²) in [6, 6.07) is 6.31. The standard InChI is InChI=1S/C15H19N3OS/c1-9-4-5-10(2)12(8-9)14-11(3)20-15(18-14)17-13(19)6-7-16/h4-5,8H,6-7,16H2,1-3H3,(H,17,18,19). The van der Waals surface area contributed by atoms with E-state index in [2.05, 4.69) is 42.3 Å². The Morgan fingerprint density at radius 2 is 2.10 bits per heavy atom. The van der Waals surface area contributed by atoms with Gasteiger partial charge in [0.15, 0.2) is 5.13 Å². The van der Waals surface area contributed by atoms with Gasteiger partial charge in [0, 0.05) is 23.4 Å². The molecule has 0 radical (unpaired) electrons. The maximum Gasteiger partial charge on any atom is 0.227 e. The highest BCUT2D eigenvalue weighted by Crippen LogP contribution is 2.32. The Bertz CT molecular complexity index is 634. The van der Waals surface area contributed by atoms with Gasteiger partial charge in [0.1, 0.15) is 0 Å². The van der Waals surface area contributed by atoms with Crippen molar-refractivity contribution in [3.8, 4) is 11.3 Å². The molecule has 0 aliphatic rings. The van der Waals surface area contributed by atoms with E-state index < -0.39 is 0 Å². The molecule has 1 amide bonds. The van der Waals surface area contributed by atoms with Crippen LogP contribution in [-0.4, -0.2) is 17.4 Å². The topological polar surface area (TPSA) is 68.0 Å². The summed E-state index contributed by atoms with van der Waals surface area (Å²) < 4.78 is 0. The van der Waals surface area contributed by atoms with Crippen molar-refractivity contribution < 1.29 is 4.79 Å². The molecule has 0 spiro atoms. The second-order valence-electron chi connectivity index (χ2n) is 4.83. The van der Waals surface area contributed by atoms with Gasteiger partial charge < -0.3 is 11.1 Å². The van der Waals surface area contributed by atoms with Gasteiger partial charge in [-0.25, -0.2) is 4.98 Å². The van der Waals surface area contributed by atoms with Crippen molar-refractivity contribution in [3.63, 3.8) is 0 Å². The highest BCUT2D eigenvalue weighted by atomic mass is 32.1. The molecule has 0 bridgehead atoms. The predicted molar refractivity (Wildman–Crippen MR) is 84.1 cm³/mol. The third-order valence-electron chi connectivity index (χ3n) is 3.06. The number of carbonyl (C=O) groups is 1. The molecule has 3 N–H and O–H groups in total. The molecule has 1 aromatic heterocycles. The highest BCUT2D eigenvalue weighted by Gasteiger charge is 2.13. The summed E-state index contributed by atoms with van der Waals surface area (Å²) in [5.41, 5.74) is 9.82. The van der Waals surface area contributed by atoms with E-state index in [0.717, 1.165) is 16.1 Å². The largest absolute Gasteiger partial charge is 0.330 e. The van der Waals surface area contributed by atoms with Gasteiger partial charge in [0.2, 0.25) is 5.91 Å². The Kier molecular flexibility index (Phi) is 4.52. The van der Waals surface area contributed by atoms with Gasteiger partial charge in [-0.2, -0.15) is 0 Å². The smallest absolute Gasteiger partial charge is 0.227 e. The van der Waals surface area contributed by atoms with Crippen LogP contribution in [-0.2, 0) is 4.79 Å². The Morgan fingerprint density at radius 3 is 2.80 bits per heavy atom. The maximum absolute atomic E-state index is 11.6. The van der Waals surface area contributed by atoms with E-state index in [4.69, 9.17) is 5.73 Å². The van der Waals surface area contributed by atoms with Crippen molar-refractivity contribution in [2.45, 2.75) is 27.2 Å². The van der Waals surface area contributed by atoms with Crippen LogP contribution >= 0.6 is 11.3 Å². The molecular weight excluding hydrogens is 270 g/mol. The summed E-state index contributed by atoms with van der Waals surface area (Å²) in [6.07, 6.45) is 0.317. The first-order valence-corrected chi connectivity index (χ1v) is 7.38. The van der Waals surface area contributed by atoms with E-state index in [1.807, 2.05) is 6.92 Å². The van der Waals surface area contributed by atoms with Crippen LogP contribution in [0.3, 0.4) is 0 Å². The van der Waals surface area contributed by atoms with Crippen molar-refractivity contribution >= 4 is 22.4 Å². The molecule has 2 aromatic rings. The molecule has 5 heteroatoms.